The van der Waals surface area contributed by atoms with Crippen molar-refractivity contribution in [3.63, 3.8) is 0 Å². The summed E-state index contributed by atoms with van der Waals surface area (Å²) in [4.78, 5) is 12.5. The number of benzene rings is 1. The van der Waals surface area contributed by atoms with Crippen LogP contribution in [0.15, 0.2) is 18.2 Å². The zero-order chi connectivity index (χ0) is 12.5. The van der Waals surface area contributed by atoms with E-state index in [0.29, 0.717) is 0 Å². The van der Waals surface area contributed by atoms with Crippen LogP contribution < -0.4 is 0 Å². The molecule has 1 aromatic carbocycles. The highest BCUT2D eigenvalue weighted by Crippen LogP contribution is 2.30. The van der Waals surface area contributed by atoms with Gasteiger partial charge in [0.2, 0.25) is 0 Å². The van der Waals surface area contributed by atoms with E-state index < -0.39 is 28.7 Å². The molecule has 1 atom stereocenters. The first-order valence-electron chi connectivity index (χ1n) is 4.67. The topological polar surface area (TPSA) is 40.5 Å². The molecular formula is C11H13F2NO2. The van der Waals surface area contributed by atoms with Crippen LogP contribution in [0.3, 0.4) is 0 Å². The fourth-order valence-electron chi connectivity index (χ4n) is 1.48. The maximum atomic E-state index is 13.5. The van der Waals surface area contributed by atoms with Crippen molar-refractivity contribution in [2.75, 3.05) is 14.1 Å². The maximum absolute atomic E-state index is 13.5. The summed E-state index contributed by atoms with van der Waals surface area (Å²) in [6.45, 7) is 1.26. The lowest BCUT2D eigenvalue weighted by Gasteiger charge is -2.32. The second kappa shape index (κ2) is 4.17. The van der Waals surface area contributed by atoms with Gasteiger partial charge in [-0.1, -0.05) is 6.07 Å². The molecule has 1 rings (SSSR count). The lowest BCUT2D eigenvalue weighted by Crippen LogP contribution is -2.47. The quantitative estimate of drug-likeness (QED) is 0.859. The number of nitrogens with zero attached hydrogens (tertiary/aromatic N) is 1. The van der Waals surface area contributed by atoms with Crippen LogP contribution >= 0.6 is 0 Å². The third-order valence-corrected chi connectivity index (χ3v) is 2.76. The molecule has 0 spiro atoms. The van der Waals surface area contributed by atoms with E-state index in [0.717, 1.165) is 12.1 Å². The van der Waals surface area contributed by atoms with Crippen LogP contribution in [0.2, 0.25) is 0 Å². The maximum Gasteiger partial charge on any atom is 0.328 e. The molecule has 16 heavy (non-hydrogen) atoms. The summed E-state index contributed by atoms with van der Waals surface area (Å²) < 4.78 is 27.1. The van der Waals surface area contributed by atoms with Gasteiger partial charge in [-0.05, 0) is 33.2 Å². The van der Waals surface area contributed by atoms with Gasteiger partial charge >= 0.3 is 5.97 Å². The standard InChI is InChI=1S/C11H13F2NO2/c1-11(10(15)16,14(2)3)9-7(12)5-4-6-8(9)13/h4-6H,1-3H3,(H,15,16)/t11-/m1/s1. The number of carbonyl (C=O) groups is 1. The van der Waals surface area contributed by atoms with Crippen LogP contribution in [0.5, 0.6) is 0 Å². The SMILES string of the molecule is CN(C)[C@@](C)(C(=O)O)c1c(F)cccc1F. The van der Waals surface area contributed by atoms with E-state index >= 15 is 0 Å². The predicted octanol–water partition coefficient (Wildman–Crippen LogP) is 1.83. The first-order valence-corrected chi connectivity index (χ1v) is 4.67. The van der Waals surface area contributed by atoms with E-state index in [1.807, 2.05) is 0 Å². The predicted molar refractivity (Wildman–Crippen MR) is 55.0 cm³/mol. The van der Waals surface area contributed by atoms with Gasteiger partial charge in [0.05, 0.1) is 5.56 Å². The van der Waals surface area contributed by atoms with Crippen molar-refractivity contribution in [1.29, 1.82) is 0 Å². The molecular weight excluding hydrogens is 216 g/mol. The second-order valence-corrected chi connectivity index (χ2v) is 3.87. The molecule has 88 valence electrons. The number of halogens is 2. The minimum absolute atomic E-state index is 0.451. The fourth-order valence-corrected chi connectivity index (χ4v) is 1.48. The summed E-state index contributed by atoms with van der Waals surface area (Å²) in [5.74, 6) is -3.03. The van der Waals surface area contributed by atoms with Gasteiger partial charge in [0.1, 0.15) is 17.2 Å². The molecule has 5 heteroatoms. The molecule has 0 saturated heterocycles. The molecule has 0 fully saturated rings. The Kier molecular flexibility index (Phi) is 3.28. The Morgan fingerprint density at radius 1 is 1.31 bits per heavy atom. The van der Waals surface area contributed by atoms with Gasteiger partial charge in [-0.3, -0.25) is 4.90 Å². The monoisotopic (exact) mass is 229 g/mol. The average Bonchev–Trinajstić information content (AvgIpc) is 2.16. The summed E-state index contributed by atoms with van der Waals surface area (Å²) in [6, 6.07) is 3.29. The summed E-state index contributed by atoms with van der Waals surface area (Å²) >= 11 is 0. The van der Waals surface area contributed by atoms with Gasteiger partial charge in [0, 0.05) is 0 Å². The number of hydrogen-bond acceptors (Lipinski definition) is 2. The fraction of sp³-hybridized carbons (Fsp3) is 0.364. The van der Waals surface area contributed by atoms with Crippen molar-refractivity contribution >= 4 is 5.97 Å². The minimum Gasteiger partial charge on any atom is -0.480 e. The van der Waals surface area contributed by atoms with E-state index in [9.17, 15) is 13.6 Å². The lowest BCUT2D eigenvalue weighted by atomic mass is 9.90. The molecule has 0 heterocycles. The Morgan fingerprint density at radius 2 is 1.75 bits per heavy atom. The van der Waals surface area contributed by atoms with Gasteiger partial charge < -0.3 is 5.11 Å². The van der Waals surface area contributed by atoms with Crippen LogP contribution in [0, 0.1) is 11.6 Å². The minimum atomic E-state index is -1.73. The number of carboxylic acids is 1. The number of aliphatic carboxylic acids is 1. The molecule has 1 N–H and O–H groups in total. The van der Waals surface area contributed by atoms with Crippen LogP contribution in [0.25, 0.3) is 0 Å². The highest BCUT2D eigenvalue weighted by Gasteiger charge is 2.42. The third-order valence-electron chi connectivity index (χ3n) is 2.76. The van der Waals surface area contributed by atoms with Crippen molar-refractivity contribution in [2.45, 2.75) is 12.5 Å². The number of carboxylic acid groups (broad SMARTS) is 1. The third kappa shape index (κ3) is 1.78. The van der Waals surface area contributed by atoms with Crippen LogP contribution in [-0.2, 0) is 10.3 Å². The van der Waals surface area contributed by atoms with E-state index in [2.05, 4.69) is 0 Å². The van der Waals surface area contributed by atoms with Crippen molar-refractivity contribution in [3.8, 4) is 0 Å². The van der Waals surface area contributed by atoms with Crippen LogP contribution in [0.4, 0.5) is 8.78 Å². The number of likely N-dealkylation sites (N-methyl/N-ethyl adjacent to an activating group) is 1. The lowest BCUT2D eigenvalue weighted by molar-refractivity contribution is -0.149. The molecule has 0 saturated carbocycles. The first kappa shape index (κ1) is 12.6. The summed E-state index contributed by atoms with van der Waals surface area (Å²) in [5, 5.41) is 9.13. The number of rotatable bonds is 3. The molecule has 0 radical (unpaired) electrons. The molecule has 3 nitrogen and oxygen atoms in total. The van der Waals surface area contributed by atoms with Crippen LogP contribution in [0.1, 0.15) is 12.5 Å². The van der Waals surface area contributed by atoms with Crippen molar-refractivity contribution in [2.24, 2.45) is 0 Å². The molecule has 0 unspecified atom stereocenters. The summed E-state index contributed by atoms with van der Waals surface area (Å²) in [6.07, 6.45) is 0. The van der Waals surface area contributed by atoms with Gasteiger partial charge in [0.15, 0.2) is 0 Å². The molecule has 1 aromatic rings. The zero-order valence-electron chi connectivity index (χ0n) is 9.29. The normalized spacial score (nSPS) is 14.9. The molecule has 0 amide bonds. The van der Waals surface area contributed by atoms with E-state index in [-0.39, 0.29) is 0 Å². The largest absolute Gasteiger partial charge is 0.480 e. The van der Waals surface area contributed by atoms with E-state index in [1.54, 1.807) is 0 Å². The molecule has 0 aliphatic carbocycles. The van der Waals surface area contributed by atoms with Crippen molar-refractivity contribution in [3.05, 3.63) is 35.4 Å². The molecule has 0 aromatic heterocycles. The zero-order valence-corrected chi connectivity index (χ0v) is 9.29. The highest BCUT2D eigenvalue weighted by atomic mass is 19.1. The summed E-state index contributed by atoms with van der Waals surface area (Å²) in [7, 11) is 2.92. The Labute approximate surface area is 92.3 Å². The van der Waals surface area contributed by atoms with Crippen LogP contribution in [-0.4, -0.2) is 30.1 Å². The second-order valence-electron chi connectivity index (χ2n) is 3.87. The number of hydrogen-bond donors (Lipinski definition) is 1. The van der Waals surface area contributed by atoms with Gasteiger partial charge in [-0.2, -0.15) is 0 Å². The van der Waals surface area contributed by atoms with Crippen molar-refractivity contribution in [1.82, 2.24) is 4.90 Å². The average molecular weight is 229 g/mol. The first-order chi connectivity index (χ1) is 7.31. The molecule has 0 bridgehead atoms. The Hall–Kier alpha value is -1.49. The van der Waals surface area contributed by atoms with E-state index in [4.69, 9.17) is 5.11 Å². The van der Waals surface area contributed by atoms with Gasteiger partial charge in [-0.25, -0.2) is 13.6 Å². The molecule has 0 aliphatic rings. The Bertz CT molecular complexity index is 400. The van der Waals surface area contributed by atoms with E-state index in [1.165, 1.54) is 32.0 Å². The highest BCUT2D eigenvalue weighted by molar-refractivity contribution is 5.80. The van der Waals surface area contributed by atoms with Crippen molar-refractivity contribution < 1.29 is 18.7 Å². The summed E-state index contributed by atoms with van der Waals surface area (Å²) in [5.41, 5.74) is -2.18. The van der Waals surface area contributed by atoms with Gasteiger partial charge in [-0.15, -0.1) is 0 Å². The molecule has 0 aliphatic heterocycles. The Balaban J connectivity index is 3.50. The van der Waals surface area contributed by atoms with Gasteiger partial charge in [0.25, 0.3) is 0 Å². The smallest absolute Gasteiger partial charge is 0.328 e. The Morgan fingerprint density at radius 3 is 2.06 bits per heavy atom.